The molecule has 0 saturated heterocycles. The van der Waals surface area contributed by atoms with Gasteiger partial charge in [-0.25, -0.2) is 15.8 Å². The van der Waals surface area contributed by atoms with E-state index in [1.807, 2.05) is 0 Å². The summed E-state index contributed by atoms with van der Waals surface area (Å²) in [7, 11) is -10.5. The van der Waals surface area contributed by atoms with Gasteiger partial charge in [0, 0.05) is 19.1 Å². The second-order valence-electron chi connectivity index (χ2n) is 9.68. The number of hydrogen-bond acceptors (Lipinski definition) is 25. The van der Waals surface area contributed by atoms with Gasteiger partial charge in [-0.2, -0.15) is 16.8 Å². The number of anilines is 1. The van der Waals surface area contributed by atoms with Crippen molar-refractivity contribution in [1.29, 1.82) is 0 Å². The van der Waals surface area contributed by atoms with E-state index in [1.165, 1.54) is 0 Å². The Kier molecular flexibility index (Phi) is 14.3. The van der Waals surface area contributed by atoms with E-state index in [4.69, 9.17) is 15.8 Å². The average Bonchev–Trinajstić information content (AvgIpc) is 3.10. The highest BCUT2D eigenvalue weighted by molar-refractivity contribution is 7.95. The summed E-state index contributed by atoms with van der Waals surface area (Å²) >= 11 is 0.505. The van der Waals surface area contributed by atoms with E-state index in [9.17, 15) is 51.1 Å². The summed E-state index contributed by atoms with van der Waals surface area (Å²) in [6.45, 7) is 1.05. The lowest BCUT2D eigenvalue weighted by molar-refractivity contribution is -0.432. The first-order chi connectivity index (χ1) is 25.9. The molecule has 0 aliphatic carbocycles. The van der Waals surface area contributed by atoms with E-state index in [1.54, 1.807) is 0 Å². The number of amides is 1. The van der Waals surface area contributed by atoms with Crippen LogP contribution in [0.25, 0.3) is 10.8 Å². The number of rotatable bonds is 17. The molecule has 0 atom stereocenters. The lowest BCUT2D eigenvalue weighted by Gasteiger charge is -2.14. The number of phenols is 2. The molecule has 4 rings (SSSR count). The number of carbonyl (C=O) groups is 1. The van der Waals surface area contributed by atoms with Crippen molar-refractivity contribution >= 4 is 107 Å². The van der Waals surface area contributed by atoms with Crippen LogP contribution in [0.3, 0.4) is 0 Å². The number of nitrogens with one attached hydrogen (secondary N) is 1. The van der Waals surface area contributed by atoms with Crippen LogP contribution in [0.2, 0.25) is 0 Å². The summed E-state index contributed by atoms with van der Waals surface area (Å²) in [5.74, 6) is -3.01. The summed E-state index contributed by atoms with van der Waals surface area (Å²) in [5, 5.41) is 86.4. The maximum absolute atomic E-state index is 12.4. The lowest BCUT2D eigenvalue weighted by atomic mass is 10.1. The first-order valence-electron chi connectivity index (χ1n) is 13.4. The van der Waals surface area contributed by atoms with Crippen molar-refractivity contribution < 1.29 is 89.8 Å². The van der Waals surface area contributed by atoms with E-state index >= 15 is 0 Å². The highest BCUT2D eigenvalue weighted by Crippen LogP contribution is 2.52. The van der Waals surface area contributed by atoms with Gasteiger partial charge in [0.25, 0.3) is 25.9 Å². The van der Waals surface area contributed by atoms with Gasteiger partial charge in [-0.1, -0.05) is 15.1 Å². The fourth-order valence-corrected chi connectivity index (χ4v) is 6.95. The molecule has 0 aromatic heterocycles. The topological polar surface area (TPSA) is 387 Å². The summed E-state index contributed by atoms with van der Waals surface area (Å²) in [4.78, 5) is 19.2. The number of aromatic hydroxyl groups is 2. The Morgan fingerprint density at radius 3 is 1.84 bits per heavy atom. The van der Waals surface area contributed by atoms with Crippen LogP contribution in [0, 0.1) is 10.1 Å². The van der Waals surface area contributed by atoms with E-state index < -0.39 is 90.8 Å². The molecule has 1 amide bonds. The molecule has 4 aromatic carbocycles. The number of hydrogen-bond donors (Lipinski definition) is 8. The molecule has 0 bridgehead atoms. The van der Waals surface area contributed by atoms with E-state index in [0.29, 0.717) is 12.1 Å². The first-order valence-corrected chi connectivity index (χ1v) is 18.5. The van der Waals surface area contributed by atoms with Crippen molar-refractivity contribution in [2.45, 2.75) is 31.4 Å². The van der Waals surface area contributed by atoms with Crippen LogP contribution in [-0.4, -0.2) is 62.8 Å². The molecule has 26 nitrogen and oxygen atoms in total. The van der Waals surface area contributed by atoms with Crippen LogP contribution in [-0.2, 0) is 53.1 Å². The molecular formula is C24H18N6O20S5. The minimum Gasteiger partial charge on any atom is -0.505 e. The molecular weight excluding hydrogens is 853 g/mol. The van der Waals surface area contributed by atoms with Crippen LogP contribution >= 0.6 is 36.1 Å². The number of azo groups is 2. The molecule has 0 spiro atoms. The molecule has 294 valence electrons. The second kappa shape index (κ2) is 18.3. The Hall–Kier alpha value is -4.68. The number of nitrogens with zero attached hydrogens (tertiary/aromatic N) is 5. The Bertz CT molecular complexity index is 2430. The summed E-state index contributed by atoms with van der Waals surface area (Å²) < 4.78 is 82.4. The first kappa shape index (κ1) is 43.1. The highest BCUT2D eigenvalue weighted by Gasteiger charge is 2.27. The van der Waals surface area contributed by atoms with Gasteiger partial charge in [-0.15, -0.1) is 33.5 Å². The van der Waals surface area contributed by atoms with Crippen molar-refractivity contribution in [2.24, 2.45) is 20.5 Å². The minimum atomic E-state index is -5.29. The van der Waals surface area contributed by atoms with E-state index in [0.717, 1.165) is 37.3 Å². The molecule has 0 radical (unpaired) electrons. The highest BCUT2D eigenvalue weighted by atomic mass is 32.2. The maximum Gasteiger partial charge on any atom is 0.296 e. The number of nitro benzene ring substituents is 1. The Morgan fingerprint density at radius 2 is 1.27 bits per heavy atom. The summed E-state index contributed by atoms with van der Waals surface area (Å²) in [6, 6.07) is 6.02. The molecule has 0 aliphatic rings. The lowest BCUT2D eigenvalue weighted by Crippen LogP contribution is -2.08. The van der Waals surface area contributed by atoms with Crippen molar-refractivity contribution in [3.63, 3.8) is 0 Å². The van der Waals surface area contributed by atoms with E-state index in [-0.39, 0.29) is 57.3 Å². The average molecular weight is 871 g/mol. The number of phenolic OH excluding ortho intramolecular Hbond substituents is 2. The molecule has 0 heterocycles. The SMILES string of the molecule is CC(=O)Nc1cc(S(=O)(=O)O)c(/N=N/c2c(SOOO)cc3cc(S(=O)(=O)O)c(/N=N/c4ccc([N+](=O)[O-])cc4SOOO)c(O)c3c2O)cc1SOOO. The Balaban J connectivity index is 2.00. The van der Waals surface area contributed by atoms with Gasteiger partial charge >= 0.3 is 0 Å². The van der Waals surface area contributed by atoms with Crippen LogP contribution in [0.1, 0.15) is 6.92 Å². The fourth-order valence-electron chi connectivity index (χ4n) is 4.23. The van der Waals surface area contributed by atoms with Gasteiger partial charge in [0.1, 0.15) is 32.5 Å². The standard InChI is InChI=1S/C24H18N6O20S5/c1-9(31)25-13-8-18(54(39,40)41)14(7-16(13)52-49-46-37)27-28-21-17(53-50-47-38)4-10-5-19(55(42,43)44)22(24(33)20(10)23(21)32)29-26-12-3-2-11(30(34)35)6-15(12)51-48-45-36/h2-8,32-33,36-38H,1H3,(H,25,31)(H,39,40,41)(H,42,43,44)/b28-27+,29-26+. The zero-order valence-corrected chi connectivity index (χ0v) is 30.3. The molecule has 31 heteroatoms. The number of benzene rings is 4. The molecule has 0 saturated carbocycles. The Morgan fingerprint density at radius 1 is 0.727 bits per heavy atom. The van der Waals surface area contributed by atoms with Crippen LogP contribution in [0.4, 0.5) is 34.1 Å². The summed E-state index contributed by atoms with van der Waals surface area (Å²) in [5.41, 5.74) is -3.60. The predicted octanol–water partition coefficient (Wildman–Crippen LogP) is 6.73. The van der Waals surface area contributed by atoms with E-state index in [2.05, 4.69) is 53.9 Å². The molecule has 8 N–H and O–H groups in total. The van der Waals surface area contributed by atoms with Crippen LogP contribution in [0.5, 0.6) is 11.5 Å². The van der Waals surface area contributed by atoms with Gasteiger partial charge in [-0.3, -0.25) is 24.0 Å². The van der Waals surface area contributed by atoms with Gasteiger partial charge in [0.05, 0.1) is 66.8 Å². The fraction of sp³-hybridized carbons (Fsp3) is 0.0417. The van der Waals surface area contributed by atoms with Crippen molar-refractivity contribution in [3.8, 4) is 11.5 Å². The number of non-ortho nitro benzene ring substituents is 1. The largest absolute Gasteiger partial charge is 0.505 e. The quantitative estimate of drug-likeness (QED) is 0.0136. The van der Waals surface area contributed by atoms with Crippen molar-refractivity contribution in [1.82, 2.24) is 0 Å². The molecule has 0 unspecified atom stereocenters. The normalized spacial score (nSPS) is 12.3. The summed E-state index contributed by atoms with van der Waals surface area (Å²) in [6.07, 6.45) is 0. The third-order valence-electron chi connectivity index (χ3n) is 6.31. The number of carbonyl (C=O) groups excluding carboxylic acids is 1. The molecule has 4 aromatic rings. The predicted molar refractivity (Wildman–Crippen MR) is 181 cm³/mol. The third kappa shape index (κ3) is 10.5. The molecule has 55 heavy (non-hydrogen) atoms. The van der Waals surface area contributed by atoms with Crippen molar-refractivity contribution in [3.05, 3.63) is 52.6 Å². The van der Waals surface area contributed by atoms with Gasteiger partial charge in [0.15, 0.2) is 11.5 Å². The molecule has 0 aliphatic heterocycles. The smallest absolute Gasteiger partial charge is 0.296 e. The van der Waals surface area contributed by atoms with Gasteiger partial charge in [-0.05, 0) is 35.7 Å². The Labute approximate surface area is 317 Å². The molecule has 0 fully saturated rings. The number of nitro groups is 1. The van der Waals surface area contributed by atoms with Gasteiger partial charge in [0.2, 0.25) is 5.91 Å². The minimum absolute atomic E-state index is 0.0914. The second-order valence-corrected chi connectivity index (χ2v) is 14.7. The third-order valence-corrected chi connectivity index (χ3v) is 9.96. The number of fused-ring (bicyclic) bond motifs is 1. The maximum atomic E-state index is 12.4. The van der Waals surface area contributed by atoms with Crippen molar-refractivity contribution in [2.75, 3.05) is 5.32 Å². The van der Waals surface area contributed by atoms with Gasteiger partial charge < -0.3 is 15.5 Å². The van der Waals surface area contributed by atoms with Crippen LogP contribution < -0.4 is 5.32 Å². The zero-order chi connectivity index (χ0) is 40.7. The monoisotopic (exact) mass is 870 g/mol. The van der Waals surface area contributed by atoms with Crippen LogP contribution in [0.15, 0.2) is 87.4 Å². The zero-order valence-electron chi connectivity index (χ0n) is 26.3.